The van der Waals surface area contributed by atoms with Crippen LogP contribution in [-0.2, 0) is 0 Å². The highest BCUT2D eigenvalue weighted by Gasteiger charge is 2.48. The lowest BCUT2D eigenvalue weighted by Crippen LogP contribution is -2.54. The van der Waals surface area contributed by atoms with Crippen LogP contribution in [0.3, 0.4) is 0 Å². The van der Waals surface area contributed by atoms with E-state index in [1.807, 2.05) is 19.2 Å². The molecule has 2 heterocycles. The molecule has 0 atom stereocenters. The second-order valence-electron chi connectivity index (χ2n) is 7.96. The van der Waals surface area contributed by atoms with Gasteiger partial charge in [0.25, 0.3) is 5.91 Å². The molecule has 0 aliphatic carbocycles. The van der Waals surface area contributed by atoms with E-state index in [9.17, 15) is 22.4 Å². The smallest absolute Gasteiger partial charge is 0.338 e. The summed E-state index contributed by atoms with van der Waals surface area (Å²) in [5.41, 5.74) is -0.625. The van der Waals surface area contributed by atoms with Gasteiger partial charge in [0.15, 0.2) is 0 Å². The number of hydrogen-bond donors (Lipinski definition) is 1. The van der Waals surface area contributed by atoms with Crippen LogP contribution in [0.15, 0.2) is 48.7 Å². The van der Waals surface area contributed by atoms with Crippen LogP contribution < -0.4 is 5.32 Å². The fourth-order valence-corrected chi connectivity index (χ4v) is 2.92. The number of nitrogens with one attached hydrogen (secondary N) is 1. The lowest BCUT2D eigenvalue weighted by atomic mass is 10.0. The molecule has 0 radical (unpaired) electrons. The number of nitrogens with zero attached hydrogens (tertiary/aromatic N) is 3. The van der Waals surface area contributed by atoms with Crippen molar-refractivity contribution in [1.82, 2.24) is 20.1 Å². The Morgan fingerprint density at radius 2 is 1.65 bits per heavy atom. The second kappa shape index (κ2) is 8.13. The monoisotopic (exact) mass is 434 g/mol. The Morgan fingerprint density at radius 1 is 1.03 bits per heavy atom. The molecule has 5 nitrogen and oxygen atoms in total. The molecule has 0 unspecified atom stereocenters. The van der Waals surface area contributed by atoms with Gasteiger partial charge in [0.05, 0.1) is 17.1 Å². The lowest BCUT2D eigenvalue weighted by molar-refractivity contribution is -0.182. The number of hydrogen-bond acceptors (Lipinski definition) is 3. The lowest BCUT2D eigenvalue weighted by Gasteiger charge is -2.29. The van der Waals surface area contributed by atoms with Gasteiger partial charge in [0, 0.05) is 23.4 Å². The first-order valence-corrected chi connectivity index (χ1v) is 9.60. The maximum absolute atomic E-state index is 13.3. The Balaban J connectivity index is 2.12. The van der Waals surface area contributed by atoms with Crippen molar-refractivity contribution in [1.29, 1.82) is 0 Å². The van der Waals surface area contributed by atoms with Gasteiger partial charge in [-0.15, -0.1) is 0 Å². The summed E-state index contributed by atoms with van der Waals surface area (Å²) in [5, 5.41) is 6.29. The summed E-state index contributed by atoms with van der Waals surface area (Å²) < 4.78 is 54.8. The fraction of sp³-hybridized carbons (Fsp3) is 0.318. The van der Waals surface area contributed by atoms with E-state index in [1.165, 1.54) is 36.4 Å². The third kappa shape index (κ3) is 4.76. The van der Waals surface area contributed by atoms with E-state index in [0.29, 0.717) is 22.6 Å². The van der Waals surface area contributed by atoms with Crippen LogP contribution in [0.2, 0.25) is 0 Å². The summed E-state index contributed by atoms with van der Waals surface area (Å²) in [6.45, 7) is 5.61. The standard InChI is InChI=1S/C22H22F4N4O/c1-13(2)30-19(9-10-27-30)18-12-15(20(31)29-21(3,4)22(24,25)26)11-17(28-18)14-5-7-16(23)8-6-14/h5-13H,1-4H3,(H,29,31). The van der Waals surface area contributed by atoms with Crippen LogP contribution in [-0.4, -0.2) is 32.4 Å². The molecule has 1 N–H and O–H groups in total. The normalized spacial score (nSPS) is 12.3. The van der Waals surface area contributed by atoms with Gasteiger partial charge in [-0.2, -0.15) is 18.3 Å². The van der Waals surface area contributed by atoms with Crippen molar-refractivity contribution in [3.8, 4) is 22.6 Å². The third-order valence-electron chi connectivity index (χ3n) is 4.78. The number of carbonyl (C=O) groups excluding carboxylic acids is 1. The number of pyridine rings is 1. The molecule has 0 fully saturated rings. The topological polar surface area (TPSA) is 59.8 Å². The predicted octanol–water partition coefficient (Wildman–Crippen LogP) is 5.40. The largest absolute Gasteiger partial charge is 0.410 e. The molecule has 0 spiro atoms. The van der Waals surface area contributed by atoms with Gasteiger partial charge in [0.1, 0.15) is 11.4 Å². The summed E-state index contributed by atoms with van der Waals surface area (Å²) in [5.74, 6) is -1.34. The third-order valence-corrected chi connectivity index (χ3v) is 4.78. The molecular formula is C22H22F4N4O. The number of carbonyl (C=O) groups is 1. The first-order valence-electron chi connectivity index (χ1n) is 9.60. The van der Waals surface area contributed by atoms with Crippen molar-refractivity contribution < 1.29 is 22.4 Å². The quantitative estimate of drug-likeness (QED) is 0.547. The van der Waals surface area contributed by atoms with Crippen molar-refractivity contribution in [3.63, 3.8) is 0 Å². The highest BCUT2D eigenvalue weighted by molar-refractivity contribution is 5.96. The van der Waals surface area contributed by atoms with E-state index in [2.05, 4.69) is 10.1 Å². The molecule has 164 valence electrons. The van der Waals surface area contributed by atoms with E-state index >= 15 is 0 Å². The highest BCUT2D eigenvalue weighted by Crippen LogP contribution is 2.31. The second-order valence-corrected chi connectivity index (χ2v) is 7.96. The van der Waals surface area contributed by atoms with Crippen LogP contribution >= 0.6 is 0 Å². The summed E-state index contributed by atoms with van der Waals surface area (Å²) in [6.07, 6.45) is -3.05. The zero-order valence-corrected chi connectivity index (χ0v) is 17.5. The maximum Gasteiger partial charge on any atom is 0.410 e. The molecule has 0 saturated heterocycles. The van der Waals surface area contributed by atoms with Crippen molar-refractivity contribution in [2.45, 2.75) is 45.5 Å². The van der Waals surface area contributed by atoms with Crippen LogP contribution in [0.5, 0.6) is 0 Å². The van der Waals surface area contributed by atoms with Gasteiger partial charge in [0.2, 0.25) is 0 Å². The molecule has 0 saturated carbocycles. The van der Waals surface area contributed by atoms with Gasteiger partial charge >= 0.3 is 6.18 Å². The predicted molar refractivity (Wildman–Crippen MR) is 109 cm³/mol. The number of aromatic nitrogens is 3. The molecule has 2 aromatic heterocycles. The van der Waals surface area contributed by atoms with E-state index in [0.717, 1.165) is 13.8 Å². The fourth-order valence-electron chi connectivity index (χ4n) is 2.92. The zero-order valence-electron chi connectivity index (χ0n) is 17.5. The average molecular weight is 434 g/mol. The Hall–Kier alpha value is -3.23. The molecule has 1 amide bonds. The molecular weight excluding hydrogens is 412 g/mol. The maximum atomic E-state index is 13.3. The summed E-state index contributed by atoms with van der Waals surface area (Å²) >= 11 is 0. The minimum atomic E-state index is -4.63. The van der Waals surface area contributed by atoms with Gasteiger partial charge in [-0.1, -0.05) is 0 Å². The van der Waals surface area contributed by atoms with Crippen molar-refractivity contribution in [2.24, 2.45) is 0 Å². The van der Waals surface area contributed by atoms with E-state index in [-0.39, 0.29) is 11.6 Å². The van der Waals surface area contributed by atoms with Crippen LogP contribution in [0, 0.1) is 5.82 Å². The van der Waals surface area contributed by atoms with Crippen LogP contribution in [0.4, 0.5) is 17.6 Å². The first kappa shape index (κ1) is 22.5. The minimum Gasteiger partial charge on any atom is -0.338 e. The Bertz CT molecular complexity index is 1090. The molecule has 1 aromatic carbocycles. The number of alkyl halides is 3. The van der Waals surface area contributed by atoms with E-state index in [1.54, 1.807) is 16.9 Å². The zero-order chi connectivity index (χ0) is 23.0. The number of benzene rings is 1. The van der Waals surface area contributed by atoms with E-state index < -0.39 is 23.4 Å². The Morgan fingerprint density at radius 3 is 2.23 bits per heavy atom. The van der Waals surface area contributed by atoms with Gasteiger partial charge in [-0.05, 0) is 70.2 Å². The van der Waals surface area contributed by atoms with Crippen molar-refractivity contribution in [3.05, 3.63) is 60.0 Å². The summed E-state index contributed by atoms with van der Waals surface area (Å²) in [6, 6.07) is 9.97. The number of rotatable bonds is 5. The molecule has 0 aliphatic rings. The van der Waals surface area contributed by atoms with E-state index in [4.69, 9.17) is 0 Å². The van der Waals surface area contributed by atoms with Gasteiger partial charge < -0.3 is 5.32 Å². The molecule has 31 heavy (non-hydrogen) atoms. The number of halogens is 4. The number of amides is 1. The minimum absolute atomic E-state index is 0.00171. The highest BCUT2D eigenvalue weighted by atomic mass is 19.4. The van der Waals surface area contributed by atoms with Crippen LogP contribution in [0.1, 0.15) is 44.1 Å². The first-order chi connectivity index (χ1) is 14.4. The molecule has 0 bridgehead atoms. The molecule has 0 aliphatic heterocycles. The summed E-state index contributed by atoms with van der Waals surface area (Å²) in [7, 11) is 0. The Kier molecular flexibility index (Phi) is 5.89. The van der Waals surface area contributed by atoms with Crippen LogP contribution in [0.25, 0.3) is 22.6 Å². The van der Waals surface area contributed by atoms with Crippen molar-refractivity contribution in [2.75, 3.05) is 0 Å². The molecule has 3 aromatic rings. The Labute approximate surface area is 177 Å². The summed E-state index contributed by atoms with van der Waals surface area (Å²) in [4.78, 5) is 17.3. The molecule has 3 rings (SSSR count). The van der Waals surface area contributed by atoms with Gasteiger partial charge in [-0.3, -0.25) is 9.48 Å². The average Bonchev–Trinajstić information content (AvgIpc) is 3.17. The molecule has 9 heteroatoms. The van der Waals surface area contributed by atoms with Crippen molar-refractivity contribution >= 4 is 5.91 Å². The van der Waals surface area contributed by atoms with Gasteiger partial charge in [-0.25, -0.2) is 9.37 Å². The SMILES string of the molecule is CC(C)n1nccc1-c1cc(C(=O)NC(C)(C)C(F)(F)F)cc(-c2ccc(F)cc2)n1.